The molecule has 0 aliphatic heterocycles. The van der Waals surface area contributed by atoms with E-state index in [-0.39, 0.29) is 18.0 Å². The molecule has 0 fully saturated rings. The first-order valence-corrected chi connectivity index (χ1v) is 7.31. The molecule has 5 nitrogen and oxygen atoms in total. The molecule has 0 saturated carbocycles. The molecule has 0 aliphatic carbocycles. The van der Waals surface area contributed by atoms with Crippen molar-refractivity contribution in [3.8, 4) is 0 Å². The standard InChI is InChI=1S/C12H19FN2O3S/c1-15(6-3-7-18-2)19(16,17)12-5-4-10(9-14)8-11(12)13/h4-5,8H,3,6-7,9,14H2,1-2H3. The molecule has 1 rings (SSSR count). The number of rotatable bonds is 7. The maximum atomic E-state index is 13.8. The Balaban J connectivity index is 2.93. The molecule has 0 aliphatic rings. The summed E-state index contributed by atoms with van der Waals surface area (Å²) in [6, 6.07) is 3.91. The molecule has 19 heavy (non-hydrogen) atoms. The number of nitrogens with zero attached hydrogens (tertiary/aromatic N) is 1. The first kappa shape index (κ1) is 16.0. The Hall–Kier alpha value is -1.02. The highest BCUT2D eigenvalue weighted by molar-refractivity contribution is 7.89. The van der Waals surface area contributed by atoms with Gasteiger partial charge in [0.25, 0.3) is 0 Å². The van der Waals surface area contributed by atoms with Gasteiger partial charge in [0.2, 0.25) is 10.0 Å². The Morgan fingerprint density at radius 2 is 2.11 bits per heavy atom. The fourth-order valence-corrected chi connectivity index (χ4v) is 2.85. The van der Waals surface area contributed by atoms with Gasteiger partial charge >= 0.3 is 0 Å². The molecule has 2 N–H and O–H groups in total. The van der Waals surface area contributed by atoms with E-state index in [9.17, 15) is 12.8 Å². The van der Waals surface area contributed by atoms with Gasteiger partial charge in [0.05, 0.1) is 0 Å². The lowest BCUT2D eigenvalue weighted by Gasteiger charge is -2.17. The quantitative estimate of drug-likeness (QED) is 0.759. The number of ether oxygens (including phenoxy) is 1. The van der Waals surface area contributed by atoms with Crippen molar-refractivity contribution in [2.45, 2.75) is 17.9 Å². The number of methoxy groups -OCH3 is 1. The van der Waals surface area contributed by atoms with Crippen LogP contribution in [0.1, 0.15) is 12.0 Å². The molecular weight excluding hydrogens is 271 g/mol. The molecule has 0 spiro atoms. The van der Waals surface area contributed by atoms with Crippen LogP contribution in [0, 0.1) is 5.82 Å². The van der Waals surface area contributed by atoms with Crippen LogP contribution < -0.4 is 5.73 Å². The van der Waals surface area contributed by atoms with E-state index in [2.05, 4.69) is 0 Å². The van der Waals surface area contributed by atoms with Crippen LogP contribution in [0.2, 0.25) is 0 Å². The molecule has 0 atom stereocenters. The van der Waals surface area contributed by atoms with E-state index in [0.717, 1.165) is 10.4 Å². The van der Waals surface area contributed by atoms with E-state index >= 15 is 0 Å². The van der Waals surface area contributed by atoms with E-state index in [1.54, 1.807) is 7.11 Å². The molecule has 1 aromatic carbocycles. The normalized spacial score (nSPS) is 12.1. The van der Waals surface area contributed by atoms with Crippen LogP contribution in [0.3, 0.4) is 0 Å². The predicted molar refractivity (Wildman–Crippen MR) is 70.6 cm³/mol. The second-order valence-corrected chi connectivity index (χ2v) is 6.16. The summed E-state index contributed by atoms with van der Waals surface area (Å²) in [5.41, 5.74) is 5.93. The Morgan fingerprint density at radius 3 is 2.63 bits per heavy atom. The molecule has 1 aromatic rings. The molecule has 0 heterocycles. The lowest BCUT2D eigenvalue weighted by atomic mass is 10.2. The first-order valence-electron chi connectivity index (χ1n) is 5.87. The van der Waals surface area contributed by atoms with Crippen LogP contribution in [0.25, 0.3) is 0 Å². The minimum Gasteiger partial charge on any atom is -0.385 e. The van der Waals surface area contributed by atoms with E-state index in [0.29, 0.717) is 18.6 Å². The van der Waals surface area contributed by atoms with Gasteiger partial charge in [-0.05, 0) is 24.1 Å². The highest BCUT2D eigenvalue weighted by atomic mass is 32.2. The van der Waals surface area contributed by atoms with E-state index in [1.165, 1.54) is 19.2 Å². The highest BCUT2D eigenvalue weighted by Crippen LogP contribution is 2.19. The minimum atomic E-state index is -3.81. The predicted octanol–water partition coefficient (Wildman–Crippen LogP) is 0.941. The van der Waals surface area contributed by atoms with Crippen LogP contribution in [0.4, 0.5) is 4.39 Å². The van der Waals surface area contributed by atoms with Crippen molar-refractivity contribution in [3.05, 3.63) is 29.6 Å². The van der Waals surface area contributed by atoms with Crippen molar-refractivity contribution >= 4 is 10.0 Å². The van der Waals surface area contributed by atoms with Gasteiger partial charge in [-0.1, -0.05) is 6.07 Å². The number of hydrogen-bond acceptors (Lipinski definition) is 4. The number of sulfonamides is 1. The van der Waals surface area contributed by atoms with Crippen LogP contribution in [-0.4, -0.2) is 40.0 Å². The second-order valence-electron chi connectivity index (χ2n) is 4.14. The molecular formula is C12H19FN2O3S. The maximum absolute atomic E-state index is 13.8. The lowest BCUT2D eigenvalue weighted by molar-refractivity contribution is 0.189. The maximum Gasteiger partial charge on any atom is 0.245 e. The molecule has 0 unspecified atom stereocenters. The van der Waals surface area contributed by atoms with Gasteiger partial charge in [-0.2, -0.15) is 0 Å². The van der Waals surface area contributed by atoms with Crippen molar-refractivity contribution < 1.29 is 17.5 Å². The van der Waals surface area contributed by atoms with E-state index in [4.69, 9.17) is 10.5 Å². The number of benzene rings is 1. The van der Waals surface area contributed by atoms with Gasteiger partial charge in [0.1, 0.15) is 10.7 Å². The zero-order valence-electron chi connectivity index (χ0n) is 11.1. The third-order valence-corrected chi connectivity index (χ3v) is 4.63. The largest absolute Gasteiger partial charge is 0.385 e. The molecule has 0 bridgehead atoms. The van der Waals surface area contributed by atoms with E-state index < -0.39 is 15.8 Å². The zero-order chi connectivity index (χ0) is 14.5. The Labute approximate surface area is 113 Å². The molecule has 0 radical (unpaired) electrons. The molecule has 0 aromatic heterocycles. The number of hydrogen-bond donors (Lipinski definition) is 1. The van der Waals surface area contributed by atoms with Gasteiger partial charge in [-0.25, -0.2) is 17.1 Å². The van der Waals surface area contributed by atoms with Gasteiger partial charge in [0, 0.05) is 33.9 Å². The first-order chi connectivity index (χ1) is 8.93. The zero-order valence-corrected chi connectivity index (χ0v) is 11.9. The number of halogens is 1. The Bertz CT molecular complexity index is 520. The third-order valence-electron chi connectivity index (χ3n) is 2.74. The van der Waals surface area contributed by atoms with Gasteiger partial charge < -0.3 is 10.5 Å². The summed E-state index contributed by atoms with van der Waals surface area (Å²) >= 11 is 0. The second kappa shape index (κ2) is 6.95. The van der Waals surface area contributed by atoms with Crippen molar-refractivity contribution in [2.75, 3.05) is 27.3 Å². The average Bonchev–Trinajstić information content (AvgIpc) is 2.38. The third kappa shape index (κ3) is 3.97. The molecule has 108 valence electrons. The Kier molecular flexibility index (Phi) is 5.86. The molecule has 7 heteroatoms. The van der Waals surface area contributed by atoms with Crippen molar-refractivity contribution in [2.24, 2.45) is 5.73 Å². The van der Waals surface area contributed by atoms with Crippen molar-refractivity contribution in [1.29, 1.82) is 0 Å². The summed E-state index contributed by atoms with van der Waals surface area (Å²) in [5.74, 6) is -0.776. The summed E-state index contributed by atoms with van der Waals surface area (Å²) in [5, 5.41) is 0. The van der Waals surface area contributed by atoms with Crippen LogP contribution in [-0.2, 0) is 21.3 Å². The highest BCUT2D eigenvalue weighted by Gasteiger charge is 2.24. The minimum absolute atomic E-state index is 0.168. The fourth-order valence-electron chi connectivity index (χ4n) is 1.60. The summed E-state index contributed by atoms with van der Waals surface area (Å²) in [6.45, 7) is 0.892. The monoisotopic (exact) mass is 290 g/mol. The van der Waals surface area contributed by atoms with Crippen molar-refractivity contribution in [3.63, 3.8) is 0 Å². The number of nitrogens with two attached hydrogens (primary N) is 1. The van der Waals surface area contributed by atoms with Gasteiger partial charge in [-0.15, -0.1) is 0 Å². The van der Waals surface area contributed by atoms with E-state index in [1.807, 2.05) is 0 Å². The lowest BCUT2D eigenvalue weighted by Crippen LogP contribution is -2.29. The fraction of sp³-hybridized carbons (Fsp3) is 0.500. The average molecular weight is 290 g/mol. The topological polar surface area (TPSA) is 72.6 Å². The Morgan fingerprint density at radius 1 is 1.42 bits per heavy atom. The SMILES string of the molecule is COCCCN(C)S(=O)(=O)c1ccc(CN)cc1F. The summed E-state index contributed by atoms with van der Waals surface area (Å²) < 4.78 is 44.1. The van der Waals surface area contributed by atoms with Crippen LogP contribution >= 0.6 is 0 Å². The van der Waals surface area contributed by atoms with Gasteiger partial charge in [-0.3, -0.25) is 0 Å². The van der Waals surface area contributed by atoms with Crippen molar-refractivity contribution in [1.82, 2.24) is 4.31 Å². The molecule has 0 amide bonds. The summed E-state index contributed by atoms with van der Waals surface area (Å²) in [7, 11) is -0.854. The molecule has 0 saturated heterocycles. The van der Waals surface area contributed by atoms with Crippen LogP contribution in [0.15, 0.2) is 23.1 Å². The van der Waals surface area contributed by atoms with Gasteiger partial charge in [0.15, 0.2) is 0 Å². The summed E-state index contributed by atoms with van der Waals surface area (Å²) in [4.78, 5) is -0.329. The smallest absolute Gasteiger partial charge is 0.245 e. The van der Waals surface area contributed by atoms with Crippen LogP contribution in [0.5, 0.6) is 0 Å². The summed E-state index contributed by atoms with van der Waals surface area (Å²) in [6.07, 6.45) is 0.550.